The fourth-order valence-corrected chi connectivity index (χ4v) is 6.63. The molecule has 2 aromatic heterocycles. The quantitative estimate of drug-likeness (QED) is 0.330. The Morgan fingerprint density at radius 2 is 1.23 bits per heavy atom. The van der Waals surface area contributed by atoms with Gasteiger partial charge in [0.05, 0.1) is 16.6 Å². The van der Waals surface area contributed by atoms with Crippen LogP contribution in [0.15, 0.2) is 109 Å². The Morgan fingerprint density at radius 3 is 2.11 bits per heavy atom. The van der Waals surface area contributed by atoms with E-state index in [1.54, 1.807) is 0 Å². The van der Waals surface area contributed by atoms with Gasteiger partial charge in [-0.05, 0) is 40.7 Å². The van der Waals surface area contributed by atoms with Crippen LogP contribution in [0.2, 0.25) is 0 Å². The molecule has 0 saturated carbocycles. The summed E-state index contributed by atoms with van der Waals surface area (Å²) in [7, 11) is 0. The predicted octanol–water partition coefficient (Wildman–Crippen LogP) is 4.93. The van der Waals surface area contributed by atoms with Gasteiger partial charge in [0.25, 0.3) is 6.71 Å². The van der Waals surface area contributed by atoms with Crippen LogP contribution in [0.4, 0.5) is 0 Å². The van der Waals surface area contributed by atoms with E-state index < -0.39 is 0 Å². The Kier molecular flexibility index (Phi) is 3.11. The molecule has 0 bridgehead atoms. The highest BCUT2D eigenvalue weighted by atomic mass is 15.1. The van der Waals surface area contributed by atoms with Crippen molar-refractivity contribution in [3.63, 3.8) is 0 Å². The Hall–Kier alpha value is -4.57. The van der Waals surface area contributed by atoms with Crippen LogP contribution < -0.4 is 16.4 Å². The molecule has 7 aromatic rings. The molecule has 4 heterocycles. The van der Waals surface area contributed by atoms with Gasteiger partial charge in [0, 0.05) is 33.2 Å². The lowest BCUT2D eigenvalue weighted by Crippen LogP contribution is -2.59. The third kappa shape index (κ3) is 2.03. The van der Waals surface area contributed by atoms with Gasteiger partial charge in [-0.15, -0.1) is 0 Å². The molecule has 0 radical (unpaired) electrons. The third-order valence-electron chi connectivity index (χ3n) is 7.92. The fourth-order valence-electron chi connectivity index (χ4n) is 6.63. The monoisotopic (exact) mass is 443 g/mol. The summed E-state index contributed by atoms with van der Waals surface area (Å²) in [6.45, 7) is 0.179. The van der Waals surface area contributed by atoms with Crippen molar-refractivity contribution in [2.45, 2.75) is 0 Å². The molecule has 0 amide bonds. The van der Waals surface area contributed by atoms with E-state index in [0.29, 0.717) is 0 Å². The Labute approximate surface area is 202 Å². The van der Waals surface area contributed by atoms with E-state index in [-0.39, 0.29) is 6.71 Å². The second-order valence-corrected chi connectivity index (χ2v) is 9.59. The lowest BCUT2D eigenvalue weighted by Gasteiger charge is -2.33. The number of para-hydroxylation sites is 3. The minimum atomic E-state index is 0.179. The molecule has 4 heteroatoms. The summed E-state index contributed by atoms with van der Waals surface area (Å²) in [4.78, 5) is 5.16. The van der Waals surface area contributed by atoms with E-state index in [1.807, 2.05) is 0 Å². The van der Waals surface area contributed by atoms with Crippen LogP contribution in [0.5, 0.6) is 0 Å². The van der Waals surface area contributed by atoms with Crippen LogP contribution in [0.25, 0.3) is 55.6 Å². The first-order chi connectivity index (χ1) is 17.4. The van der Waals surface area contributed by atoms with Gasteiger partial charge in [0.15, 0.2) is 0 Å². The Balaban J connectivity index is 1.51. The number of imidazole rings is 1. The topological polar surface area (TPSA) is 22.8 Å². The largest absolute Gasteiger partial charge is 0.310 e. The zero-order chi connectivity index (χ0) is 22.7. The highest BCUT2D eigenvalue weighted by Gasteiger charge is 2.40. The number of hydrogen-bond acceptors (Lipinski definition) is 1. The van der Waals surface area contributed by atoms with E-state index in [0.717, 1.165) is 16.9 Å². The zero-order valence-corrected chi connectivity index (χ0v) is 18.8. The van der Waals surface area contributed by atoms with Crippen LogP contribution in [-0.4, -0.2) is 20.8 Å². The van der Waals surface area contributed by atoms with Crippen LogP contribution in [0, 0.1) is 0 Å². The molecule has 0 N–H and O–H groups in total. The van der Waals surface area contributed by atoms with E-state index in [4.69, 9.17) is 4.98 Å². The van der Waals surface area contributed by atoms with E-state index in [9.17, 15) is 0 Å². The normalized spacial score (nSPS) is 13.1. The van der Waals surface area contributed by atoms with Crippen LogP contribution in [-0.2, 0) is 0 Å². The molecule has 0 aliphatic carbocycles. The predicted molar refractivity (Wildman–Crippen MR) is 146 cm³/mol. The van der Waals surface area contributed by atoms with Crippen molar-refractivity contribution in [2.75, 3.05) is 0 Å². The number of aromatic nitrogens is 3. The van der Waals surface area contributed by atoms with Gasteiger partial charge in [-0.25, -0.2) is 4.98 Å². The minimum absolute atomic E-state index is 0.179. The van der Waals surface area contributed by atoms with Gasteiger partial charge in [0.2, 0.25) is 0 Å². The van der Waals surface area contributed by atoms with E-state index >= 15 is 0 Å². The summed E-state index contributed by atoms with van der Waals surface area (Å²) >= 11 is 0. The lowest BCUT2D eigenvalue weighted by molar-refractivity contribution is 1.09. The summed E-state index contributed by atoms with van der Waals surface area (Å²) in [6.07, 6.45) is 0. The Bertz CT molecular complexity index is 2010. The van der Waals surface area contributed by atoms with Crippen molar-refractivity contribution < 1.29 is 0 Å². The summed E-state index contributed by atoms with van der Waals surface area (Å²) in [5, 5.41) is 2.63. The van der Waals surface area contributed by atoms with Gasteiger partial charge in [-0.1, -0.05) is 84.9 Å². The number of fused-ring (bicyclic) bond motifs is 7. The number of rotatable bonds is 1. The maximum atomic E-state index is 5.16. The van der Waals surface area contributed by atoms with Crippen LogP contribution in [0.1, 0.15) is 0 Å². The van der Waals surface area contributed by atoms with Crippen molar-refractivity contribution in [3.05, 3.63) is 109 Å². The molecule has 9 rings (SSSR count). The van der Waals surface area contributed by atoms with Gasteiger partial charge >= 0.3 is 0 Å². The third-order valence-corrected chi connectivity index (χ3v) is 7.92. The summed E-state index contributed by atoms with van der Waals surface area (Å²) < 4.78 is 4.88. The smallest absolute Gasteiger partial charge is 0.252 e. The summed E-state index contributed by atoms with van der Waals surface area (Å²) in [6, 6.07) is 39.6. The average molecular weight is 443 g/mol. The second-order valence-electron chi connectivity index (χ2n) is 9.59. The molecule has 5 aromatic carbocycles. The highest BCUT2D eigenvalue weighted by Crippen LogP contribution is 2.37. The molecule has 2 aliphatic heterocycles. The van der Waals surface area contributed by atoms with Crippen molar-refractivity contribution in [1.29, 1.82) is 0 Å². The van der Waals surface area contributed by atoms with Crippen molar-refractivity contribution >= 4 is 55.9 Å². The maximum Gasteiger partial charge on any atom is 0.252 e. The van der Waals surface area contributed by atoms with Crippen molar-refractivity contribution in [1.82, 2.24) is 14.1 Å². The van der Waals surface area contributed by atoms with Gasteiger partial charge < -0.3 is 4.57 Å². The van der Waals surface area contributed by atoms with E-state index in [2.05, 4.69) is 118 Å². The van der Waals surface area contributed by atoms with Gasteiger partial charge in [-0.2, -0.15) is 0 Å². The average Bonchev–Trinajstić information content (AvgIpc) is 3.47. The molecule has 0 atom stereocenters. The number of benzene rings is 5. The first-order valence-electron chi connectivity index (χ1n) is 12.1. The highest BCUT2D eigenvalue weighted by molar-refractivity contribution is 7.00. The maximum absolute atomic E-state index is 5.16. The summed E-state index contributed by atoms with van der Waals surface area (Å²) in [5.41, 5.74) is 12.6. The molecule has 0 spiro atoms. The molecule has 0 unspecified atom stereocenters. The molecule has 3 nitrogen and oxygen atoms in total. The minimum Gasteiger partial charge on any atom is -0.310 e. The number of nitrogens with zero attached hydrogens (tertiary/aromatic N) is 3. The molecule has 0 saturated heterocycles. The Morgan fingerprint density at radius 1 is 0.543 bits per heavy atom. The summed E-state index contributed by atoms with van der Waals surface area (Å²) in [5.74, 6) is 1.00. The van der Waals surface area contributed by atoms with E-state index in [1.165, 1.54) is 55.1 Å². The molecular weight excluding hydrogens is 425 g/mol. The molecular formula is C31H18BN3. The standard InChI is InChI=1S/C31H18BN3/c1-2-9-19(10-3-1)31-33-24-15-7-14-23-30(24)35(31)27-18-8-17-26-28(27)32(23)22-13-6-12-21-20-11-4-5-16-25(20)34(26)29(21)22/h1-18H. The second kappa shape index (κ2) is 6.11. The van der Waals surface area contributed by atoms with Crippen LogP contribution >= 0.6 is 0 Å². The first kappa shape index (κ1) is 17.9. The number of hydrogen-bond donors (Lipinski definition) is 0. The first-order valence-corrected chi connectivity index (χ1v) is 12.1. The molecule has 35 heavy (non-hydrogen) atoms. The van der Waals surface area contributed by atoms with Crippen molar-refractivity contribution in [3.8, 4) is 22.8 Å². The zero-order valence-electron chi connectivity index (χ0n) is 18.8. The molecule has 160 valence electrons. The lowest BCUT2D eigenvalue weighted by atomic mass is 9.34. The molecule has 0 fully saturated rings. The van der Waals surface area contributed by atoms with Crippen LogP contribution in [0.3, 0.4) is 0 Å². The van der Waals surface area contributed by atoms with Crippen molar-refractivity contribution in [2.24, 2.45) is 0 Å². The van der Waals surface area contributed by atoms with Gasteiger partial charge in [0.1, 0.15) is 5.82 Å². The fraction of sp³-hybridized carbons (Fsp3) is 0. The molecule has 2 aliphatic rings. The van der Waals surface area contributed by atoms with Gasteiger partial charge in [-0.3, -0.25) is 4.57 Å². The SMILES string of the molecule is c1ccc(-c2nc3cccc4c3n2-c2cccc3c2B4c2cccc4c5ccccc5n-3c24)cc1.